The summed E-state index contributed by atoms with van der Waals surface area (Å²) >= 11 is 1.38. The summed E-state index contributed by atoms with van der Waals surface area (Å²) < 4.78 is 5.29. The van der Waals surface area contributed by atoms with Gasteiger partial charge in [-0.3, -0.25) is 4.79 Å². The van der Waals surface area contributed by atoms with E-state index in [9.17, 15) is 4.79 Å². The van der Waals surface area contributed by atoms with Crippen molar-refractivity contribution in [2.24, 2.45) is 0 Å². The van der Waals surface area contributed by atoms with Crippen molar-refractivity contribution in [3.8, 4) is 10.8 Å². The Balaban J connectivity index is 1.80. The van der Waals surface area contributed by atoms with E-state index in [0.717, 1.165) is 24.6 Å². The molecule has 6 heteroatoms. The molecule has 5 nitrogen and oxygen atoms in total. The van der Waals surface area contributed by atoms with Gasteiger partial charge in [0.2, 0.25) is 0 Å². The fourth-order valence-corrected chi connectivity index (χ4v) is 3.01. The van der Waals surface area contributed by atoms with Crippen LogP contribution in [0.1, 0.15) is 16.6 Å². The highest BCUT2D eigenvalue weighted by molar-refractivity contribution is 7.16. The number of carbonyl (C=O) groups is 1. The van der Waals surface area contributed by atoms with Crippen LogP contribution in [-0.2, 0) is 0 Å². The Labute approximate surface area is 115 Å². The fourth-order valence-electron chi connectivity index (χ4n) is 2.17. The molecule has 19 heavy (non-hydrogen) atoms. The number of hydrogen-bond acceptors (Lipinski definition) is 5. The number of aromatic nitrogens is 1. The molecule has 100 valence electrons. The van der Waals surface area contributed by atoms with E-state index in [-0.39, 0.29) is 11.9 Å². The number of hydrogen-bond donors (Lipinski definition) is 1. The summed E-state index contributed by atoms with van der Waals surface area (Å²) in [5, 5.41) is 4.02. The molecule has 0 saturated carbocycles. The van der Waals surface area contributed by atoms with Gasteiger partial charge in [-0.1, -0.05) is 0 Å². The van der Waals surface area contributed by atoms with Gasteiger partial charge in [-0.25, -0.2) is 4.98 Å². The van der Waals surface area contributed by atoms with Crippen molar-refractivity contribution in [3.63, 3.8) is 0 Å². The standard InChI is InChI=1S/C13H15N3O2S/c1-9-7-14-4-5-16(9)13(17)11-8-15-12(19-11)10-3-2-6-18-10/h2-3,6,8-9,14H,4-5,7H2,1H3/t9-/m1/s1. The van der Waals surface area contributed by atoms with Crippen molar-refractivity contribution in [2.45, 2.75) is 13.0 Å². The molecule has 0 aromatic carbocycles. The molecule has 0 bridgehead atoms. The second-order valence-corrected chi connectivity index (χ2v) is 5.59. The molecule has 1 N–H and O–H groups in total. The highest BCUT2D eigenvalue weighted by Crippen LogP contribution is 2.26. The van der Waals surface area contributed by atoms with E-state index in [0.29, 0.717) is 10.6 Å². The van der Waals surface area contributed by atoms with Crippen LogP contribution >= 0.6 is 11.3 Å². The molecule has 3 rings (SSSR count). The van der Waals surface area contributed by atoms with Crippen molar-refractivity contribution >= 4 is 17.2 Å². The van der Waals surface area contributed by atoms with E-state index in [1.807, 2.05) is 17.0 Å². The molecule has 1 amide bonds. The summed E-state index contributed by atoms with van der Waals surface area (Å²) in [6.07, 6.45) is 3.25. The normalized spacial score (nSPS) is 19.6. The Kier molecular flexibility index (Phi) is 3.35. The second-order valence-electron chi connectivity index (χ2n) is 4.56. The zero-order valence-electron chi connectivity index (χ0n) is 10.6. The molecule has 0 unspecified atom stereocenters. The molecule has 1 saturated heterocycles. The number of rotatable bonds is 2. The van der Waals surface area contributed by atoms with Crippen molar-refractivity contribution in [3.05, 3.63) is 29.5 Å². The molecule has 1 atom stereocenters. The first kappa shape index (κ1) is 12.4. The van der Waals surface area contributed by atoms with E-state index >= 15 is 0 Å². The zero-order chi connectivity index (χ0) is 13.2. The quantitative estimate of drug-likeness (QED) is 0.910. The lowest BCUT2D eigenvalue weighted by Crippen LogP contribution is -2.52. The molecule has 3 heterocycles. The molecular weight excluding hydrogens is 262 g/mol. The summed E-state index contributed by atoms with van der Waals surface area (Å²) in [6.45, 7) is 4.49. The maximum atomic E-state index is 12.4. The first-order chi connectivity index (χ1) is 9.25. The van der Waals surface area contributed by atoms with Crippen LogP contribution in [0.25, 0.3) is 10.8 Å². The molecule has 0 spiro atoms. The summed E-state index contributed by atoms with van der Waals surface area (Å²) in [7, 11) is 0. The minimum absolute atomic E-state index is 0.0595. The van der Waals surface area contributed by atoms with Gasteiger partial charge in [0.1, 0.15) is 4.88 Å². The molecule has 2 aromatic heterocycles. The molecular formula is C13H15N3O2S. The van der Waals surface area contributed by atoms with Gasteiger partial charge >= 0.3 is 0 Å². The Morgan fingerprint density at radius 3 is 3.26 bits per heavy atom. The highest BCUT2D eigenvalue weighted by Gasteiger charge is 2.25. The highest BCUT2D eigenvalue weighted by atomic mass is 32.1. The van der Waals surface area contributed by atoms with Crippen LogP contribution in [0, 0.1) is 0 Å². The lowest BCUT2D eigenvalue weighted by molar-refractivity contribution is 0.0660. The molecule has 0 radical (unpaired) electrons. The third-order valence-electron chi connectivity index (χ3n) is 3.21. The summed E-state index contributed by atoms with van der Waals surface area (Å²) in [5.74, 6) is 0.765. The number of thiazole rings is 1. The average Bonchev–Trinajstić information content (AvgIpc) is 3.09. The maximum absolute atomic E-state index is 12.4. The van der Waals surface area contributed by atoms with Gasteiger partial charge in [0.15, 0.2) is 10.8 Å². The number of amides is 1. The van der Waals surface area contributed by atoms with Crippen LogP contribution in [0.15, 0.2) is 29.0 Å². The van der Waals surface area contributed by atoms with Gasteiger partial charge in [-0.2, -0.15) is 0 Å². The van der Waals surface area contributed by atoms with Crippen molar-refractivity contribution in [1.29, 1.82) is 0 Å². The van der Waals surface area contributed by atoms with Gasteiger partial charge in [0.25, 0.3) is 5.91 Å². The molecule has 1 fully saturated rings. The van der Waals surface area contributed by atoms with Crippen LogP contribution in [-0.4, -0.2) is 41.5 Å². The zero-order valence-corrected chi connectivity index (χ0v) is 11.4. The van der Waals surface area contributed by atoms with Gasteiger partial charge in [0.05, 0.1) is 12.5 Å². The summed E-state index contributed by atoms with van der Waals surface area (Å²) in [6, 6.07) is 3.88. The Hall–Kier alpha value is -1.66. The number of piperazine rings is 1. The van der Waals surface area contributed by atoms with Crippen LogP contribution in [0.3, 0.4) is 0 Å². The average molecular weight is 277 g/mol. The van der Waals surface area contributed by atoms with Gasteiger partial charge < -0.3 is 14.6 Å². The van der Waals surface area contributed by atoms with E-state index in [4.69, 9.17) is 4.42 Å². The third-order valence-corrected chi connectivity index (χ3v) is 4.21. The van der Waals surface area contributed by atoms with E-state index in [2.05, 4.69) is 17.2 Å². The first-order valence-electron chi connectivity index (χ1n) is 6.27. The molecule has 1 aliphatic heterocycles. The SMILES string of the molecule is C[C@@H]1CNCCN1C(=O)c1cnc(-c2ccco2)s1. The summed E-state index contributed by atoms with van der Waals surface area (Å²) in [5.41, 5.74) is 0. The minimum atomic E-state index is 0.0595. The Bertz CT molecular complexity index is 564. The van der Waals surface area contributed by atoms with Crippen molar-refractivity contribution < 1.29 is 9.21 Å². The predicted octanol–water partition coefficient (Wildman–Crippen LogP) is 1.84. The van der Waals surface area contributed by atoms with Crippen LogP contribution in [0.4, 0.5) is 0 Å². The lowest BCUT2D eigenvalue weighted by atomic mass is 10.2. The number of nitrogens with zero attached hydrogens (tertiary/aromatic N) is 2. The van der Waals surface area contributed by atoms with Gasteiger partial charge in [-0.05, 0) is 19.1 Å². The topological polar surface area (TPSA) is 58.4 Å². The van der Waals surface area contributed by atoms with E-state index in [1.165, 1.54) is 11.3 Å². The predicted molar refractivity (Wildman–Crippen MR) is 73.2 cm³/mol. The van der Waals surface area contributed by atoms with Crippen LogP contribution in [0.5, 0.6) is 0 Å². The maximum Gasteiger partial charge on any atom is 0.265 e. The smallest absolute Gasteiger partial charge is 0.265 e. The Morgan fingerprint density at radius 2 is 2.53 bits per heavy atom. The van der Waals surface area contributed by atoms with Gasteiger partial charge in [0, 0.05) is 25.7 Å². The first-order valence-corrected chi connectivity index (χ1v) is 7.09. The summed E-state index contributed by atoms with van der Waals surface area (Å²) in [4.78, 5) is 19.3. The van der Waals surface area contributed by atoms with Crippen LogP contribution < -0.4 is 5.32 Å². The lowest BCUT2D eigenvalue weighted by Gasteiger charge is -2.33. The number of carbonyl (C=O) groups excluding carboxylic acids is 1. The van der Waals surface area contributed by atoms with Crippen molar-refractivity contribution in [1.82, 2.24) is 15.2 Å². The van der Waals surface area contributed by atoms with E-state index in [1.54, 1.807) is 12.5 Å². The molecule has 2 aromatic rings. The van der Waals surface area contributed by atoms with Crippen LogP contribution in [0.2, 0.25) is 0 Å². The molecule has 1 aliphatic rings. The second kappa shape index (κ2) is 5.14. The number of furan rings is 1. The fraction of sp³-hybridized carbons (Fsp3) is 0.385. The largest absolute Gasteiger partial charge is 0.462 e. The third kappa shape index (κ3) is 2.41. The van der Waals surface area contributed by atoms with Crippen molar-refractivity contribution in [2.75, 3.05) is 19.6 Å². The monoisotopic (exact) mass is 277 g/mol. The number of nitrogens with one attached hydrogen (secondary N) is 1. The minimum Gasteiger partial charge on any atom is -0.462 e. The molecule has 0 aliphatic carbocycles. The van der Waals surface area contributed by atoms with E-state index < -0.39 is 0 Å². The van der Waals surface area contributed by atoms with Gasteiger partial charge in [-0.15, -0.1) is 11.3 Å². The Morgan fingerprint density at radius 1 is 1.63 bits per heavy atom.